The highest BCUT2D eigenvalue weighted by molar-refractivity contribution is 6.30. The maximum atomic E-state index is 12.9. The molecule has 5 nitrogen and oxygen atoms in total. The molecule has 0 saturated carbocycles. The first-order chi connectivity index (χ1) is 9.99. The summed E-state index contributed by atoms with van der Waals surface area (Å²) in [5.74, 6) is -2.13. The number of aliphatic hydroxyl groups is 1. The van der Waals surface area contributed by atoms with Gasteiger partial charge in [-0.25, -0.2) is 4.79 Å². The minimum atomic E-state index is -4.78. The van der Waals surface area contributed by atoms with Gasteiger partial charge in [0.2, 0.25) is 0 Å². The van der Waals surface area contributed by atoms with E-state index in [4.69, 9.17) is 11.6 Å². The van der Waals surface area contributed by atoms with Gasteiger partial charge in [-0.15, -0.1) is 0 Å². The largest absolute Gasteiger partial charge is 0.467 e. The van der Waals surface area contributed by atoms with Crippen molar-refractivity contribution in [1.29, 1.82) is 0 Å². The zero-order chi connectivity index (χ0) is 17.1. The molecule has 1 aromatic carbocycles. The van der Waals surface area contributed by atoms with Crippen molar-refractivity contribution in [3.05, 3.63) is 34.3 Å². The Morgan fingerprint density at radius 2 is 1.95 bits per heavy atom. The molecule has 0 bridgehead atoms. The van der Waals surface area contributed by atoms with Crippen molar-refractivity contribution in [2.45, 2.75) is 18.7 Å². The van der Waals surface area contributed by atoms with Crippen LogP contribution in [0.2, 0.25) is 5.02 Å². The van der Waals surface area contributed by atoms with Gasteiger partial charge in [0.1, 0.15) is 0 Å². The van der Waals surface area contributed by atoms with Crippen molar-refractivity contribution in [2.24, 2.45) is 0 Å². The summed E-state index contributed by atoms with van der Waals surface area (Å²) in [4.78, 5) is 23.1. The van der Waals surface area contributed by atoms with E-state index in [2.05, 4.69) is 10.1 Å². The smallest absolute Gasteiger partial charge is 0.417 e. The molecule has 9 heteroatoms. The van der Waals surface area contributed by atoms with Crippen LogP contribution in [0.3, 0.4) is 0 Å². The first-order valence-corrected chi connectivity index (χ1v) is 6.32. The summed E-state index contributed by atoms with van der Waals surface area (Å²) < 4.78 is 43.0. The van der Waals surface area contributed by atoms with Crippen LogP contribution < -0.4 is 5.32 Å². The Balaban J connectivity index is 2.98. The van der Waals surface area contributed by atoms with E-state index in [1.165, 1.54) is 0 Å². The van der Waals surface area contributed by atoms with Gasteiger partial charge in [0.05, 0.1) is 24.8 Å². The van der Waals surface area contributed by atoms with E-state index in [9.17, 15) is 27.9 Å². The standard InChI is InChI=1S/C13H13ClF3NO4/c1-12(21,11(20)22-2)6-18-10(19)8-4-3-7(14)5-9(8)13(15,16)17/h3-5,21H,6H2,1-2H3,(H,18,19)/t12-/m0/s1. The molecule has 0 aliphatic rings. The fraction of sp³-hybridized carbons (Fsp3) is 0.385. The summed E-state index contributed by atoms with van der Waals surface area (Å²) in [5.41, 5.74) is -3.94. The summed E-state index contributed by atoms with van der Waals surface area (Å²) >= 11 is 5.50. The number of halogens is 4. The normalized spacial score (nSPS) is 14.1. The maximum Gasteiger partial charge on any atom is 0.417 e. The van der Waals surface area contributed by atoms with Crippen molar-refractivity contribution in [3.63, 3.8) is 0 Å². The topological polar surface area (TPSA) is 75.6 Å². The number of rotatable bonds is 4. The molecule has 0 unspecified atom stereocenters. The van der Waals surface area contributed by atoms with Crippen LogP contribution >= 0.6 is 11.6 Å². The Kier molecular flexibility index (Phi) is 5.42. The highest BCUT2D eigenvalue weighted by atomic mass is 35.5. The van der Waals surface area contributed by atoms with Crippen LogP contribution in [0.5, 0.6) is 0 Å². The number of carbonyl (C=O) groups is 2. The number of benzene rings is 1. The predicted octanol–water partition coefficient (Wildman–Crippen LogP) is 2.01. The molecular weight excluding hydrogens is 327 g/mol. The number of methoxy groups -OCH3 is 1. The van der Waals surface area contributed by atoms with Crippen LogP contribution in [-0.4, -0.2) is 36.2 Å². The minimum Gasteiger partial charge on any atom is -0.467 e. The van der Waals surface area contributed by atoms with Crippen molar-refractivity contribution >= 4 is 23.5 Å². The molecule has 22 heavy (non-hydrogen) atoms. The van der Waals surface area contributed by atoms with Gasteiger partial charge in [0.15, 0.2) is 5.60 Å². The second-order valence-electron chi connectivity index (χ2n) is 4.64. The third kappa shape index (κ3) is 4.35. The lowest BCUT2D eigenvalue weighted by molar-refractivity contribution is -0.159. The molecule has 0 fully saturated rings. The molecule has 1 aromatic rings. The first-order valence-electron chi connectivity index (χ1n) is 5.95. The van der Waals surface area contributed by atoms with Gasteiger partial charge in [-0.05, 0) is 25.1 Å². The summed E-state index contributed by atoms with van der Waals surface area (Å²) in [6.07, 6.45) is -4.78. The molecule has 122 valence electrons. The van der Waals surface area contributed by atoms with Crippen LogP contribution in [-0.2, 0) is 15.7 Å². The molecule has 0 radical (unpaired) electrons. The highest BCUT2D eigenvalue weighted by Gasteiger charge is 2.37. The Morgan fingerprint density at radius 3 is 2.45 bits per heavy atom. The van der Waals surface area contributed by atoms with Gasteiger partial charge in [-0.1, -0.05) is 11.6 Å². The minimum absolute atomic E-state index is 0.176. The zero-order valence-electron chi connectivity index (χ0n) is 11.6. The Hall–Kier alpha value is -1.80. The van der Waals surface area contributed by atoms with E-state index < -0.39 is 41.3 Å². The van der Waals surface area contributed by atoms with E-state index in [1.54, 1.807) is 0 Å². The monoisotopic (exact) mass is 339 g/mol. The molecule has 1 amide bonds. The van der Waals surface area contributed by atoms with Crippen molar-refractivity contribution < 1.29 is 32.6 Å². The molecule has 0 aliphatic carbocycles. The van der Waals surface area contributed by atoms with Gasteiger partial charge in [0.25, 0.3) is 5.91 Å². The van der Waals surface area contributed by atoms with E-state index in [1.807, 2.05) is 0 Å². The third-order valence-corrected chi connectivity index (χ3v) is 2.99. The number of nitrogens with one attached hydrogen (secondary N) is 1. The Bertz CT molecular complexity index is 587. The second-order valence-corrected chi connectivity index (χ2v) is 5.07. The van der Waals surface area contributed by atoms with Crippen LogP contribution in [0.25, 0.3) is 0 Å². The summed E-state index contributed by atoms with van der Waals surface area (Å²) in [5, 5.41) is 11.6. The molecular formula is C13H13ClF3NO4. The van der Waals surface area contributed by atoms with E-state index in [0.717, 1.165) is 26.2 Å². The molecule has 1 atom stereocenters. The van der Waals surface area contributed by atoms with Gasteiger partial charge in [0, 0.05) is 5.02 Å². The number of ether oxygens (including phenoxy) is 1. The predicted molar refractivity (Wildman–Crippen MR) is 71.4 cm³/mol. The van der Waals surface area contributed by atoms with Crippen molar-refractivity contribution in [2.75, 3.05) is 13.7 Å². The Labute approximate surface area is 129 Å². The lowest BCUT2D eigenvalue weighted by Crippen LogP contribution is -2.47. The van der Waals surface area contributed by atoms with Crippen LogP contribution in [0, 0.1) is 0 Å². The van der Waals surface area contributed by atoms with Gasteiger partial charge in [-0.3, -0.25) is 4.79 Å². The van der Waals surface area contributed by atoms with Crippen LogP contribution in [0.4, 0.5) is 13.2 Å². The van der Waals surface area contributed by atoms with E-state index >= 15 is 0 Å². The average Bonchev–Trinajstić information content (AvgIpc) is 2.42. The molecule has 0 saturated heterocycles. The van der Waals surface area contributed by atoms with Crippen LogP contribution in [0.15, 0.2) is 18.2 Å². The average molecular weight is 340 g/mol. The van der Waals surface area contributed by atoms with E-state index in [-0.39, 0.29) is 5.02 Å². The molecule has 0 aliphatic heterocycles. The Morgan fingerprint density at radius 1 is 1.36 bits per heavy atom. The number of alkyl halides is 3. The molecule has 0 heterocycles. The van der Waals surface area contributed by atoms with Gasteiger partial charge in [-0.2, -0.15) is 13.2 Å². The number of carbonyl (C=O) groups excluding carboxylic acids is 2. The van der Waals surface area contributed by atoms with Crippen molar-refractivity contribution in [3.8, 4) is 0 Å². The summed E-state index contributed by atoms with van der Waals surface area (Å²) in [6, 6.07) is 2.66. The second kappa shape index (κ2) is 6.53. The third-order valence-electron chi connectivity index (χ3n) is 2.75. The highest BCUT2D eigenvalue weighted by Crippen LogP contribution is 2.33. The number of esters is 1. The molecule has 0 aromatic heterocycles. The van der Waals surface area contributed by atoms with Crippen LogP contribution in [0.1, 0.15) is 22.8 Å². The fourth-order valence-corrected chi connectivity index (χ4v) is 1.76. The van der Waals surface area contributed by atoms with Crippen molar-refractivity contribution in [1.82, 2.24) is 5.32 Å². The maximum absolute atomic E-state index is 12.9. The summed E-state index contributed by atoms with van der Waals surface area (Å²) in [7, 11) is 1.03. The lowest BCUT2D eigenvalue weighted by atomic mass is 10.0. The van der Waals surface area contributed by atoms with Gasteiger partial charge >= 0.3 is 12.1 Å². The first kappa shape index (κ1) is 18.2. The molecule has 1 rings (SSSR count). The lowest BCUT2D eigenvalue weighted by Gasteiger charge is -2.21. The molecule has 0 spiro atoms. The number of hydrogen-bond donors (Lipinski definition) is 2. The number of amides is 1. The number of hydrogen-bond acceptors (Lipinski definition) is 4. The summed E-state index contributed by atoms with van der Waals surface area (Å²) in [6.45, 7) is 0.448. The SMILES string of the molecule is COC(=O)[C@@](C)(O)CNC(=O)c1ccc(Cl)cc1C(F)(F)F. The van der Waals surface area contributed by atoms with E-state index in [0.29, 0.717) is 6.07 Å². The van der Waals surface area contributed by atoms with Gasteiger partial charge < -0.3 is 15.2 Å². The zero-order valence-corrected chi connectivity index (χ0v) is 12.4. The molecule has 2 N–H and O–H groups in total. The quantitative estimate of drug-likeness (QED) is 0.823. The fourth-order valence-electron chi connectivity index (χ4n) is 1.59.